The molecule has 0 aromatic heterocycles. The third-order valence-electron chi connectivity index (χ3n) is 4.00. The average Bonchev–Trinajstić information content (AvgIpc) is 2.40. The van der Waals surface area contributed by atoms with Gasteiger partial charge < -0.3 is 11.1 Å². The van der Waals surface area contributed by atoms with E-state index in [9.17, 15) is 4.79 Å². The maximum atomic E-state index is 11.5. The number of hydrogen-bond donors (Lipinski definition) is 2. The number of ketones is 1. The SMILES string of the molecule is CC(=O)c1cc(C(=N)CC2CCCCC2)ccc1N. The fourth-order valence-electron chi connectivity index (χ4n) is 2.85. The first kappa shape index (κ1) is 13.8. The van der Waals surface area contributed by atoms with E-state index >= 15 is 0 Å². The van der Waals surface area contributed by atoms with E-state index in [-0.39, 0.29) is 5.78 Å². The van der Waals surface area contributed by atoms with Gasteiger partial charge in [-0.15, -0.1) is 0 Å². The number of carbonyl (C=O) groups excluding carboxylic acids is 1. The molecule has 102 valence electrons. The van der Waals surface area contributed by atoms with Gasteiger partial charge in [0.15, 0.2) is 5.78 Å². The van der Waals surface area contributed by atoms with Crippen LogP contribution in [0.5, 0.6) is 0 Å². The quantitative estimate of drug-likeness (QED) is 0.490. The van der Waals surface area contributed by atoms with Crippen molar-refractivity contribution in [2.45, 2.75) is 45.4 Å². The van der Waals surface area contributed by atoms with E-state index in [2.05, 4.69) is 0 Å². The van der Waals surface area contributed by atoms with Gasteiger partial charge in [0.25, 0.3) is 0 Å². The molecule has 2 rings (SSSR count). The van der Waals surface area contributed by atoms with Crippen molar-refractivity contribution < 1.29 is 4.79 Å². The molecule has 0 saturated heterocycles. The van der Waals surface area contributed by atoms with Gasteiger partial charge in [0.1, 0.15) is 0 Å². The van der Waals surface area contributed by atoms with Crippen LogP contribution < -0.4 is 5.73 Å². The van der Waals surface area contributed by atoms with Gasteiger partial charge in [-0.25, -0.2) is 0 Å². The molecule has 1 aromatic rings. The largest absolute Gasteiger partial charge is 0.398 e. The van der Waals surface area contributed by atoms with Gasteiger partial charge in [-0.05, 0) is 37.0 Å². The lowest BCUT2D eigenvalue weighted by molar-refractivity contribution is 0.101. The summed E-state index contributed by atoms with van der Waals surface area (Å²) in [6.45, 7) is 1.51. The molecule has 3 N–H and O–H groups in total. The van der Waals surface area contributed by atoms with Crippen LogP contribution in [0.25, 0.3) is 0 Å². The van der Waals surface area contributed by atoms with E-state index in [1.54, 1.807) is 12.1 Å². The highest BCUT2D eigenvalue weighted by Gasteiger charge is 2.17. The fourth-order valence-corrected chi connectivity index (χ4v) is 2.85. The number of nitrogens with one attached hydrogen (secondary N) is 1. The molecule has 19 heavy (non-hydrogen) atoms. The minimum absolute atomic E-state index is 0.0372. The lowest BCUT2D eigenvalue weighted by atomic mass is 9.84. The second-order valence-electron chi connectivity index (χ2n) is 5.54. The van der Waals surface area contributed by atoms with Crippen LogP contribution in [0, 0.1) is 11.3 Å². The molecule has 1 aliphatic rings. The molecule has 0 atom stereocenters. The van der Waals surface area contributed by atoms with Gasteiger partial charge >= 0.3 is 0 Å². The van der Waals surface area contributed by atoms with Crippen molar-refractivity contribution in [1.29, 1.82) is 5.41 Å². The lowest BCUT2D eigenvalue weighted by Gasteiger charge is -2.21. The number of benzene rings is 1. The second kappa shape index (κ2) is 6.00. The van der Waals surface area contributed by atoms with Crippen LogP contribution in [-0.2, 0) is 0 Å². The molecule has 3 heteroatoms. The molecular formula is C16H22N2O. The van der Waals surface area contributed by atoms with Crippen LogP contribution in [0.2, 0.25) is 0 Å². The topological polar surface area (TPSA) is 66.9 Å². The zero-order valence-electron chi connectivity index (χ0n) is 11.5. The normalized spacial score (nSPS) is 16.3. The molecule has 3 nitrogen and oxygen atoms in total. The Morgan fingerprint density at radius 3 is 2.63 bits per heavy atom. The molecule has 0 unspecified atom stereocenters. The Morgan fingerprint density at radius 1 is 1.32 bits per heavy atom. The van der Waals surface area contributed by atoms with Crippen LogP contribution in [-0.4, -0.2) is 11.5 Å². The molecule has 0 radical (unpaired) electrons. The Balaban J connectivity index is 2.10. The smallest absolute Gasteiger partial charge is 0.161 e. The van der Waals surface area contributed by atoms with Crippen molar-refractivity contribution in [2.75, 3.05) is 5.73 Å². The third-order valence-corrected chi connectivity index (χ3v) is 4.00. The van der Waals surface area contributed by atoms with Crippen molar-refractivity contribution in [3.63, 3.8) is 0 Å². The average molecular weight is 258 g/mol. The Bertz CT molecular complexity index is 488. The fraction of sp³-hybridized carbons (Fsp3) is 0.500. The molecule has 0 amide bonds. The van der Waals surface area contributed by atoms with Gasteiger partial charge in [-0.1, -0.05) is 38.2 Å². The monoisotopic (exact) mass is 258 g/mol. The van der Waals surface area contributed by atoms with Crippen molar-refractivity contribution in [3.8, 4) is 0 Å². The highest BCUT2D eigenvalue weighted by Crippen LogP contribution is 2.28. The summed E-state index contributed by atoms with van der Waals surface area (Å²) in [5.41, 5.74) is 8.29. The number of hydrogen-bond acceptors (Lipinski definition) is 3. The molecular weight excluding hydrogens is 236 g/mol. The summed E-state index contributed by atoms with van der Waals surface area (Å²) in [7, 11) is 0. The molecule has 0 spiro atoms. The predicted molar refractivity (Wildman–Crippen MR) is 78.9 cm³/mol. The van der Waals surface area contributed by atoms with E-state index in [4.69, 9.17) is 11.1 Å². The Kier molecular flexibility index (Phi) is 4.35. The van der Waals surface area contributed by atoms with Gasteiger partial charge in [0, 0.05) is 17.0 Å². The Labute approximate surface area is 114 Å². The number of Topliss-reactive ketones (excluding diaryl/α,β-unsaturated/α-hetero) is 1. The Morgan fingerprint density at radius 2 is 2.00 bits per heavy atom. The summed E-state index contributed by atoms with van der Waals surface area (Å²) in [5, 5.41) is 8.22. The highest BCUT2D eigenvalue weighted by molar-refractivity contribution is 6.04. The van der Waals surface area contributed by atoms with E-state index < -0.39 is 0 Å². The number of carbonyl (C=O) groups is 1. The summed E-state index contributed by atoms with van der Waals surface area (Å²) in [5.74, 6) is 0.601. The van der Waals surface area contributed by atoms with Crippen molar-refractivity contribution in [3.05, 3.63) is 29.3 Å². The molecule has 0 heterocycles. The van der Waals surface area contributed by atoms with E-state index in [1.807, 2.05) is 6.07 Å². The first-order valence-corrected chi connectivity index (χ1v) is 7.06. The summed E-state index contributed by atoms with van der Waals surface area (Å²) < 4.78 is 0. The maximum absolute atomic E-state index is 11.5. The molecule has 1 aliphatic carbocycles. The van der Waals surface area contributed by atoms with Crippen LogP contribution in [0.1, 0.15) is 61.4 Å². The minimum Gasteiger partial charge on any atom is -0.398 e. The number of anilines is 1. The summed E-state index contributed by atoms with van der Waals surface area (Å²) in [6.07, 6.45) is 7.20. The second-order valence-corrected chi connectivity index (χ2v) is 5.54. The lowest BCUT2D eigenvalue weighted by Crippen LogP contribution is -2.13. The maximum Gasteiger partial charge on any atom is 0.161 e. The van der Waals surface area contributed by atoms with Crippen LogP contribution >= 0.6 is 0 Å². The van der Waals surface area contributed by atoms with Crippen LogP contribution in [0.15, 0.2) is 18.2 Å². The van der Waals surface area contributed by atoms with E-state index in [0.717, 1.165) is 12.0 Å². The molecule has 1 saturated carbocycles. The summed E-state index contributed by atoms with van der Waals surface area (Å²) >= 11 is 0. The number of nitrogens with two attached hydrogens (primary N) is 1. The highest BCUT2D eigenvalue weighted by atomic mass is 16.1. The van der Waals surface area contributed by atoms with E-state index in [0.29, 0.717) is 22.9 Å². The van der Waals surface area contributed by atoms with Gasteiger partial charge in [0.2, 0.25) is 0 Å². The van der Waals surface area contributed by atoms with E-state index in [1.165, 1.54) is 39.0 Å². The molecule has 1 aromatic carbocycles. The van der Waals surface area contributed by atoms with Gasteiger partial charge in [-0.3, -0.25) is 4.79 Å². The van der Waals surface area contributed by atoms with Crippen LogP contribution in [0.4, 0.5) is 5.69 Å². The zero-order valence-corrected chi connectivity index (χ0v) is 11.5. The molecule has 1 fully saturated rings. The zero-order chi connectivity index (χ0) is 13.8. The van der Waals surface area contributed by atoms with Gasteiger partial charge in [-0.2, -0.15) is 0 Å². The minimum atomic E-state index is -0.0372. The number of rotatable bonds is 4. The third kappa shape index (κ3) is 3.43. The summed E-state index contributed by atoms with van der Waals surface area (Å²) in [4.78, 5) is 11.5. The van der Waals surface area contributed by atoms with Crippen molar-refractivity contribution >= 4 is 17.2 Å². The Hall–Kier alpha value is -1.64. The standard InChI is InChI=1S/C16H22N2O/c1-11(19)14-10-13(7-8-15(14)17)16(18)9-12-5-3-2-4-6-12/h7-8,10,12,18H,2-6,9,17H2,1H3. The summed E-state index contributed by atoms with van der Waals surface area (Å²) in [6, 6.07) is 5.36. The molecule has 0 bridgehead atoms. The first-order valence-electron chi connectivity index (χ1n) is 7.06. The van der Waals surface area contributed by atoms with Crippen molar-refractivity contribution in [1.82, 2.24) is 0 Å². The molecule has 0 aliphatic heterocycles. The van der Waals surface area contributed by atoms with Crippen molar-refractivity contribution in [2.24, 2.45) is 5.92 Å². The predicted octanol–water partition coefficient (Wildman–Crippen LogP) is 3.81. The number of nitrogen functional groups attached to an aromatic ring is 1. The first-order chi connectivity index (χ1) is 9.08. The van der Waals surface area contributed by atoms with Crippen LogP contribution in [0.3, 0.4) is 0 Å². The van der Waals surface area contributed by atoms with Gasteiger partial charge in [0.05, 0.1) is 0 Å².